The molecule has 0 atom stereocenters. The lowest BCUT2D eigenvalue weighted by molar-refractivity contribution is -0.111. The number of hydrogen-bond acceptors (Lipinski definition) is 3. The van der Waals surface area contributed by atoms with Gasteiger partial charge in [-0.05, 0) is 60.9 Å². The van der Waals surface area contributed by atoms with Crippen LogP contribution in [-0.4, -0.2) is 16.8 Å². The van der Waals surface area contributed by atoms with E-state index in [0.717, 1.165) is 17.0 Å². The fraction of sp³-hybridized carbons (Fsp3) is 0.320. The van der Waals surface area contributed by atoms with Crippen LogP contribution in [0.1, 0.15) is 51.0 Å². The Bertz CT molecular complexity index is 779. The van der Waals surface area contributed by atoms with Gasteiger partial charge < -0.3 is 10.4 Å². The van der Waals surface area contributed by atoms with Gasteiger partial charge in [0.25, 0.3) is 0 Å². The van der Waals surface area contributed by atoms with E-state index in [0.29, 0.717) is 0 Å². The molecule has 0 bridgehead atoms. The summed E-state index contributed by atoms with van der Waals surface area (Å²) in [6, 6.07) is 14.6. The predicted molar refractivity (Wildman–Crippen MR) is 125 cm³/mol. The molecule has 0 aliphatic carbocycles. The van der Waals surface area contributed by atoms with Crippen LogP contribution in [0.4, 0.5) is 5.69 Å². The predicted octanol–water partition coefficient (Wildman–Crippen LogP) is 7.05. The van der Waals surface area contributed by atoms with Crippen molar-refractivity contribution in [2.24, 2.45) is 0 Å². The van der Waals surface area contributed by atoms with Crippen LogP contribution in [0.3, 0.4) is 0 Å². The minimum Gasteiger partial charge on any atom is -0.508 e. The van der Waals surface area contributed by atoms with Crippen LogP contribution < -0.4 is 5.32 Å². The molecule has 0 saturated heterocycles. The van der Waals surface area contributed by atoms with E-state index in [1.807, 2.05) is 24.3 Å². The first-order valence-corrected chi connectivity index (χ1v) is 11.3. The van der Waals surface area contributed by atoms with Gasteiger partial charge in [0.15, 0.2) is 0 Å². The molecule has 2 rings (SSSR count). The molecule has 2 aromatic rings. The highest BCUT2D eigenvalue weighted by molar-refractivity contribution is 7.99. The van der Waals surface area contributed by atoms with E-state index in [-0.39, 0.29) is 11.7 Å². The fourth-order valence-electron chi connectivity index (χ4n) is 2.77. The van der Waals surface area contributed by atoms with Gasteiger partial charge in [-0.15, -0.1) is 11.8 Å². The maximum Gasteiger partial charge on any atom is 0.248 e. The van der Waals surface area contributed by atoms with Crippen molar-refractivity contribution in [3.63, 3.8) is 0 Å². The molecular weight excluding hydrogens is 378 g/mol. The maximum atomic E-state index is 12.0. The van der Waals surface area contributed by atoms with Crippen molar-refractivity contribution < 1.29 is 9.90 Å². The molecule has 2 aromatic carbocycles. The Kier molecular flexibility index (Phi) is 10.8. The number of aromatic hydroxyl groups is 1. The Morgan fingerprint density at radius 2 is 1.69 bits per heavy atom. The summed E-state index contributed by atoms with van der Waals surface area (Å²) in [5.74, 6) is 0.999. The van der Waals surface area contributed by atoms with Gasteiger partial charge >= 0.3 is 0 Å². The number of amides is 1. The van der Waals surface area contributed by atoms with Crippen molar-refractivity contribution in [1.29, 1.82) is 0 Å². The summed E-state index contributed by atoms with van der Waals surface area (Å²) in [4.78, 5) is 13.2. The molecule has 0 unspecified atom stereocenters. The zero-order valence-corrected chi connectivity index (χ0v) is 18.0. The number of allylic oxidation sites excluding steroid dienone is 1. The lowest BCUT2D eigenvalue weighted by atomic mass is 10.1. The second-order valence-corrected chi connectivity index (χ2v) is 8.02. The molecule has 0 aliphatic rings. The monoisotopic (exact) mass is 409 g/mol. The zero-order chi connectivity index (χ0) is 20.7. The number of nitrogens with one attached hydrogen (secondary N) is 1. The van der Waals surface area contributed by atoms with Crippen LogP contribution in [0.2, 0.25) is 0 Å². The number of anilines is 1. The highest BCUT2D eigenvalue weighted by Crippen LogP contribution is 2.20. The van der Waals surface area contributed by atoms with Gasteiger partial charge in [0.1, 0.15) is 5.75 Å². The molecule has 0 aliphatic heterocycles. The summed E-state index contributed by atoms with van der Waals surface area (Å²) in [7, 11) is 0. The lowest BCUT2D eigenvalue weighted by Gasteiger charge is -2.04. The molecule has 3 nitrogen and oxygen atoms in total. The van der Waals surface area contributed by atoms with Crippen LogP contribution in [0, 0.1) is 0 Å². The summed E-state index contributed by atoms with van der Waals surface area (Å²) < 4.78 is 0. The normalized spacial score (nSPS) is 11.3. The topological polar surface area (TPSA) is 49.3 Å². The van der Waals surface area contributed by atoms with Crippen molar-refractivity contribution >= 4 is 29.4 Å². The van der Waals surface area contributed by atoms with Gasteiger partial charge in [-0.3, -0.25) is 4.79 Å². The van der Waals surface area contributed by atoms with E-state index in [4.69, 9.17) is 0 Å². The van der Waals surface area contributed by atoms with Gasteiger partial charge in [0, 0.05) is 22.4 Å². The number of rotatable bonds is 12. The van der Waals surface area contributed by atoms with Gasteiger partial charge in [0.2, 0.25) is 5.91 Å². The highest BCUT2D eigenvalue weighted by atomic mass is 32.2. The average molecular weight is 410 g/mol. The van der Waals surface area contributed by atoms with Gasteiger partial charge in [0.05, 0.1) is 0 Å². The molecule has 0 radical (unpaired) electrons. The molecule has 0 saturated carbocycles. The Morgan fingerprint density at radius 1 is 0.966 bits per heavy atom. The average Bonchev–Trinajstić information content (AvgIpc) is 2.73. The van der Waals surface area contributed by atoms with Crippen LogP contribution in [0.5, 0.6) is 5.75 Å². The number of benzene rings is 2. The van der Waals surface area contributed by atoms with E-state index < -0.39 is 0 Å². The van der Waals surface area contributed by atoms with Crippen molar-refractivity contribution in [2.45, 2.75) is 50.3 Å². The number of unbranched alkanes of at least 4 members (excludes halogenated alkanes) is 5. The van der Waals surface area contributed by atoms with Gasteiger partial charge in [-0.1, -0.05) is 56.9 Å². The molecule has 154 valence electrons. The van der Waals surface area contributed by atoms with E-state index in [9.17, 15) is 9.90 Å². The second-order valence-electron chi connectivity index (χ2n) is 6.92. The third kappa shape index (κ3) is 10.0. The Labute approximate surface area is 178 Å². The van der Waals surface area contributed by atoms with Crippen LogP contribution in [0.25, 0.3) is 6.08 Å². The fourth-order valence-corrected chi connectivity index (χ4v) is 3.53. The zero-order valence-electron chi connectivity index (χ0n) is 17.1. The molecule has 29 heavy (non-hydrogen) atoms. The Morgan fingerprint density at radius 3 is 2.41 bits per heavy atom. The molecule has 0 spiro atoms. The first-order valence-electron chi connectivity index (χ1n) is 10.3. The number of hydrogen-bond donors (Lipinski definition) is 2. The molecule has 4 heteroatoms. The van der Waals surface area contributed by atoms with E-state index in [2.05, 4.69) is 24.4 Å². The highest BCUT2D eigenvalue weighted by Gasteiger charge is 1.99. The molecular formula is C25H31NO2S. The first-order chi connectivity index (χ1) is 14.2. The van der Waals surface area contributed by atoms with E-state index in [1.165, 1.54) is 49.5 Å². The van der Waals surface area contributed by atoms with E-state index >= 15 is 0 Å². The van der Waals surface area contributed by atoms with Gasteiger partial charge in [-0.25, -0.2) is 0 Å². The summed E-state index contributed by atoms with van der Waals surface area (Å²) in [6.45, 7) is 2.24. The van der Waals surface area contributed by atoms with E-state index in [1.54, 1.807) is 42.1 Å². The molecule has 1 amide bonds. The van der Waals surface area contributed by atoms with Crippen LogP contribution in [0.15, 0.2) is 71.7 Å². The molecule has 0 heterocycles. The van der Waals surface area contributed by atoms with Gasteiger partial charge in [-0.2, -0.15) is 0 Å². The number of thioether (sulfide) groups is 1. The third-order valence-electron chi connectivity index (χ3n) is 4.43. The Hall–Kier alpha value is -2.46. The third-order valence-corrected chi connectivity index (χ3v) is 5.39. The summed E-state index contributed by atoms with van der Waals surface area (Å²) in [5.41, 5.74) is 1.64. The quantitative estimate of drug-likeness (QED) is 0.171. The maximum absolute atomic E-state index is 12.0. The van der Waals surface area contributed by atoms with Crippen LogP contribution in [-0.2, 0) is 4.79 Å². The second kappa shape index (κ2) is 13.7. The lowest BCUT2D eigenvalue weighted by Crippen LogP contribution is -2.07. The molecule has 0 fully saturated rings. The Balaban J connectivity index is 1.67. The number of phenols is 1. The SMILES string of the molecule is CCCCCCC/C=C/CSc1ccc(NC(=O)/C=C/c2ccc(O)cc2)cc1. The van der Waals surface area contributed by atoms with Crippen molar-refractivity contribution in [1.82, 2.24) is 0 Å². The summed E-state index contributed by atoms with van der Waals surface area (Å²) in [5, 5.41) is 12.1. The minimum absolute atomic E-state index is 0.180. The first kappa shape index (κ1) is 22.8. The molecule has 0 aromatic heterocycles. The van der Waals surface area contributed by atoms with Crippen LogP contribution >= 0.6 is 11.8 Å². The summed E-state index contributed by atoms with van der Waals surface area (Å²) >= 11 is 1.79. The minimum atomic E-state index is -0.180. The van der Waals surface area contributed by atoms with Crippen molar-refractivity contribution in [3.05, 3.63) is 72.3 Å². The largest absolute Gasteiger partial charge is 0.508 e. The van der Waals surface area contributed by atoms with Crippen molar-refractivity contribution in [2.75, 3.05) is 11.1 Å². The standard InChI is InChI=1S/C25H31NO2S/c1-2-3-4-5-6-7-8-9-20-29-24-17-13-22(14-18-24)26-25(28)19-12-21-10-15-23(27)16-11-21/h8-19,27H,2-7,20H2,1H3,(H,26,28)/b9-8+,19-12+. The number of carbonyl (C=O) groups excluding carboxylic acids is 1. The smallest absolute Gasteiger partial charge is 0.248 e. The molecule has 2 N–H and O–H groups in total. The summed E-state index contributed by atoms with van der Waals surface area (Å²) in [6.07, 6.45) is 15.5. The number of phenolic OH excluding ortho intramolecular Hbond substituents is 1. The van der Waals surface area contributed by atoms with Crippen molar-refractivity contribution in [3.8, 4) is 5.75 Å². The number of carbonyl (C=O) groups is 1.